The highest BCUT2D eigenvalue weighted by molar-refractivity contribution is 5.93. The number of nitrogens with zero attached hydrogens (tertiary/aromatic N) is 2. The van der Waals surface area contributed by atoms with Crippen molar-refractivity contribution in [2.45, 2.75) is 0 Å². The van der Waals surface area contributed by atoms with Gasteiger partial charge in [-0.15, -0.1) is 0 Å². The van der Waals surface area contributed by atoms with Crippen LogP contribution in [0.3, 0.4) is 0 Å². The van der Waals surface area contributed by atoms with Crippen LogP contribution in [-0.4, -0.2) is 20.3 Å². The molecule has 0 bridgehead atoms. The SMILES string of the molecule is Oc1cccc2nc3cn[nH]c3cc12. The van der Waals surface area contributed by atoms with E-state index in [9.17, 15) is 5.11 Å². The summed E-state index contributed by atoms with van der Waals surface area (Å²) in [7, 11) is 0. The van der Waals surface area contributed by atoms with Gasteiger partial charge in [0, 0.05) is 5.39 Å². The van der Waals surface area contributed by atoms with Crippen LogP contribution in [0.15, 0.2) is 30.5 Å². The Morgan fingerprint density at radius 1 is 1.21 bits per heavy atom. The summed E-state index contributed by atoms with van der Waals surface area (Å²) in [6.45, 7) is 0. The second-order valence-electron chi connectivity index (χ2n) is 3.13. The highest BCUT2D eigenvalue weighted by atomic mass is 16.3. The van der Waals surface area contributed by atoms with E-state index in [0.29, 0.717) is 0 Å². The van der Waals surface area contributed by atoms with Crippen LogP contribution < -0.4 is 0 Å². The number of pyridine rings is 1. The van der Waals surface area contributed by atoms with Gasteiger partial charge < -0.3 is 5.11 Å². The molecule has 0 saturated carbocycles. The van der Waals surface area contributed by atoms with Gasteiger partial charge in [-0.3, -0.25) is 5.10 Å². The van der Waals surface area contributed by atoms with E-state index in [1.54, 1.807) is 18.3 Å². The van der Waals surface area contributed by atoms with Crippen LogP contribution in [0.2, 0.25) is 0 Å². The van der Waals surface area contributed by atoms with Gasteiger partial charge in [0.1, 0.15) is 11.3 Å². The summed E-state index contributed by atoms with van der Waals surface area (Å²) < 4.78 is 0. The Morgan fingerprint density at radius 2 is 2.14 bits per heavy atom. The van der Waals surface area contributed by atoms with E-state index in [4.69, 9.17) is 0 Å². The largest absolute Gasteiger partial charge is 0.507 e. The van der Waals surface area contributed by atoms with Crippen LogP contribution in [-0.2, 0) is 0 Å². The molecular formula is C10H7N3O. The van der Waals surface area contributed by atoms with Crippen molar-refractivity contribution in [1.29, 1.82) is 0 Å². The number of nitrogens with one attached hydrogen (secondary N) is 1. The first-order valence-corrected chi connectivity index (χ1v) is 4.26. The number of fused-ring (bicyclic) bond motifs is 2. The maximum Gasteiger partial charge on any atom is 0.125 e. The highest BCUT2D eigenvalue weighted by Gasteiger charge is 2.03. The average molecular weight is 185 g/mol. The maximum atomic E-state index is 9.59. The summed E-state index contributed by atoms with van der Waals surface area (Å²) in [4.78, 5) is 4.34. The van der Waals surface area contributed by atoms with Gasteiger partial charge in [0.25, 0.3) is 0 Å². The standard InChI is InChI=1S/C10H7N3O/c14-10-3-1-2-7-6(10)4-8-9(12-7)5-11-13-8/h1-5,14H,(H,11,13). The fourth-order valence-electron chi connectivity index (χ4n) is 1.55. The van der Waals surface area contributed by atoms with Gasteiger partial charge in [-0.1, -0.05) is 6.07 Å². The molecular weight excluding hydrogens is 178 g/mol. The lowest BCUT2D eigenvalue weighted by atomic mass is 10.2. The smallest absolute Gasteiger partial charge is 0.125 e. The quantitative estimate of drug-likeness (QED) is 0.561. The van der Waals surface area contributed by atoms with Gasteiger partial charge in [0.05, 0.1) is 17.2 Å². The van der Waals surface area contributed by atoms with Crippen molar-refractivity contribution < 1.29 is 5.11 Å². The number of rotatable bonds is 0. The Hall–Kier alpha value is -2.10. The molecule has 2 N–H and O–H groups in total. The molecule has 3 aromatic rings. The first-order valence-electron chi connectivity index (χ1n) is 4.26. The van der Waals surface area contributed by atoms with E-state index in [2.05, 4.69) is 15.2 Å². The summed E-state index contributed by atoms with van der Waals surface area (Å²) in [5, 5.41) is 17.0. The summed E-state index contributed by atoms with van der Waals surface area (Å²) in [6, 6.07) is 7.13. The molecule has 2 heterocycles. The summed E-state index contributed by atoms with van der Waals surface area (Å²) in [5.41, 5.74) is 2.42. The number of phenols is 1. The summed E-state index contributed by atoms with van der Waals surface area (Å²) >= 11 is 0. The highest BCUT2D eigenvalue weighted by Crippen LogP contribution is 2.25. The lowest BCUT2D eigenvalue weighted by Gasteiger charge is -1.99. The Bertz CT molecular complexity index is 615. The van der Waals surface area contributed by atoms with Crippen LogP contribution in [0.1, 0.15) is 0 Å². The van der Waals surface area contributed by atoms with Gasteiger partial charge in [-0.05, 0) is 18.2 Å². The molecule has 0 fully saturated rings. The predicted octanol–water partition coefficient (Wildman–Crippen LogP) is 1.82. The van der Waals surface area contributed by atoms with E-state index in [1.165, 1.54) is 0 Å². The Labute approximate surface area is 79.2 Å². The first kappa shape index (κ1) is 7.32. The Kier molecular flexibility index (Phi) is 1.28. The molecule has 14 heavy (non-hydrogen) atoms. The fourth-order valence-corrected chi connectivity index (χ4v) is 1.55. The van der Waals surface area contributed by atoms with Crippen molar-refractivity contribution in [2.75, 3.05) is 0 Å². The van der Waals surface area contributed by atoms with Crippen molar-refractivity contribution in [3.8, 4) is 5.75 Å². The van der Waals surface area contributed by atoms with E-state index in [1.807, 2.05) is 12.1 Å². The number of phenolic OH excluding ortho intramolecular Hbond substituents is 1. The number of aromatic nitrogens is 3. The van der Waals surface area contributed by atoms with E-state index < -0.39 is 0 Å². The fraction of sp³-hybridized carbons (Fsp3) is 0. The molecule has 4 nitrogen and oxygen atoms in total. The zero-order valence-corrected chi connectivity index (χ0v) is 7.23. The molecule has 0 aliphatic heterocycles. The molecule has 3 rings (SSSR count). The number of benzene rings is 1. The third-order valence-electron chi connectivity index (χ3n) is 2.24. The Balaban J connectivity index is 2.57. The topological polar surface area (TPSA) is 61.8 Å². The van der Waals surface area contributed by atoms with Crippen LogP contribution in [0.25, 0.3) is 21.9 Å². The molecule has 2 aromatic heterocycles. The second-order valence-corrected chi connectivity index (χ2v) is 3.13. The van der Waals surface area contributed by atoms with E-state index >= 15 is 0 Å². The van der Waals surface area contributed by atoms with E-state index in [-0.39, 0.29) is 5.75 Å². The molecule has 0 amide bonds. The van der Waals surface area contributed by atoms with Crippen molar-refractivity contribution in [2.24, 2.45) is 0 Å². The minimum absolute atomic E-state index is 0.242. The van der Waals surface area contributed by atoms with Crippen LogP contribution in [0.4, 0.5) is 0 Å². The second kappa shape index (κ2) is 2.45. The van der Waals surface area contributed by atoms with Crippen molar-refractivity contribution in [3.05, 3.63) is 30.5 Å². The van der Waals surface area contributed by atoms with Crippen molar-refractivity contribution in [3.63, 3.8) is 0 Å². The predicted molar refractivity (Wildman–Crippen MR) is 53.1 cm³/mol. The van der Waals surface area contributed by atoms with Gasteiger partial charge in [-0.25, -0.2) is 4.98 Å². The normalized spacial score (nSPS) is 11.1. The number of aromatic amines is 1. The van der Waals surface area contributed by atoms with Crippen molar-refractivity contribution in [1.82, 2.24) is 15.2 Å². The van der Waals surface area contributed by atoms with Crippen LogP contribution in [0, 0.1) is 0 Å². The minimum atomic E-state index is 0.242. The van der Waals surface area contributed by atoms with Gasteiger partial charge in [0.15, 0.2) is 0 Å². The van der Waals surface area contributed by atoms with Crippen molar-refractivity contribution >= 4 is 21.9 Å². The Morgan fingerprint density at radius 3 is 3.07 bits per heavy atom. The number of hydrogen-bond acceptors (Lipinski definition) is 3. The number of hydrogen-bond donors (Lipinski definition) is 2. The summed E-state index contributed by atoms with van der Waals surface area (Å²) in [5.74, 6) is 0.242. The molecule has 0 saturated heterocycles. The molecule has 0 atom stereocenters. The molecule has 0 aliphatic rings. The molecule has 1 aromatic carbocycles. The maximum absolute atomic E-state index is 9.59. The molecule has 0 radical (unpaired) electrons. The van der Waals surface area contributed by atoms with Crippen LogP contribution >= 0.6 is 0 Å². The molecule has 68 valence electrons. The third-order valence-corrected chi connectivity index (χ3v) is 2.24. The van der Waals surface area contributed by atoms with Crippen LogP contribution in [0.5, 0.6) is 5.75 Å². The lowest BCUT2D eigenvalue weighted by Crippen LogP contribution is -1.80. The monoisotopic (exact) mass is 185 g/mol. The third kappa shape index (κ3) is 0.877. The minimum Gasteiger partial charge on any atom is -0.507 e. The molecule has 0 spiro atoms. The number of H-pyrrole nitrogens is 1. The van der Waals surface area contributed by atoms with Gasteiger partial charge >= 0.3 is 0 Å². The number of aromatic hydroxyl groups is 1. The van der Waals surface area contributed by atoms with E-state index in [0.717, 1.165) is 21.9 Å². The zero-order valence-electron chi connectivity index (χ0n) is 7.23. The molecule has 0 unspecified atom stereocenters. The van der Waals surface area contributed by atoms with Gasteiger partial charge in [-0.2, -0.15) is 5.10 Å². The lowest BCUT2D eigenvalue weighted by molar-refractivity contribution is 0.481. The average Bonchev–Trinajstić information content (AvgIpc) is 2.62. The first-order chi connectivity index (χ1) is 6.84. The zero-order chi connectivity index (χ0) is 9.54. The van der Waals surface area contributed by atoms with Gasteiger partial charge in [0.2, 0.25) is 0 Å². The molecule has 0 aliphatic carbocycles. The summed E-state index contributed by atoms with van der Waals surface area (Å²) in [6.07, 6.45) is 1.67. The molecule has 4 heteroatoms.